The molecule has 1 aromatic rings. The fraction of sp³-hybridized carbons (Fsp3) is 0.562. The summed E-state index contributed by atoms with van der Waals surface area (Å²) in [6.07, 6.45) is 3.69. The summed E-state index contributed by atoms with van der Waals surface area (Å²) < 4.78 is 10.4. The molecule has 5 heteroatoms. The Balaban J connectivity index is 1.99. The van der Waals surface area contributed by atoms with Gasteiger partial charge in [0, 0.05) is 23.5 Å². The second kappa shape index (κ2) is 7.69. The van der Waals surface area contributed by atoms with Gasteiger partial charge in [-0.3, -0.25) is 4.79 Å². The molecule has 2 rings (SSSR count). The summed E-state index contributed by atoms with van der Waals surface area (Å²) in [4.78, 5) is 12.3. The molecule has 1 fully saturated rings. The van der Waals surface area contributed by atoms with Gasteiger partial charge in [0.15, 0.2) is 0 Å². The van der Waals surface area contributed by atoms with Gasteiger partial charge in [-0.05, 0) is 36.8 Å². The maximum Gasteiger partial charge on any atom is 0.251 e. The number of alkyl halides is 1. The van der Waals surface area contributed by atoms with Crippen molar-refractivity contribution in [3.8, 4) is 11.5 Å². The van der Waals surface area contributed by atoms with Gasteiger partial charge in [-0.25, -0.2) is 0 Å². The highest BCUT2D eigenvalue weighted by Crippen LogP contribution is 2.32. The second-order valence-electron chi connectivity index (χ2n) is 5.42. The number of halogens is 1. The quantitative estimate of drug-likeness (QED) is 0.796. The molecule has 21 heavy (non-hydrogen) atoms. The summed E-state index contributed by atoms with van der Waals surface area (Å²) in [5.41, 5.74) is 0.569. The Labute approximate surface area is 134 Å². The Morgan fingerprint density at radius 2 is 1.81 bits per heavy atom. The minimum absolute atomic E-state index is 0.0765. The lowest BCUT2D eigenvalue weighted by Crippen LogP contribution is -2.31. The van der Waals surface area contributed by atoms with E-state index in [9.17, 15) is 4.79 Å². The number of nitrogens with one attached hydrogen (secondary N) is 1. The van der Waals surface area contributed by atoms with Crippen molar-refractivity contribution in [2.75, 3.05) is 26.1 Å². The smallest absolute Gasteiger partial charge is 0.251 e. The third-order valence-corrected chi connectivity index (χ3v) is 4.98. The first kappa shape index (κ1) is 16.1. The number of carbonyl (C=O) groups is 1. The average Bonchev–Trinajstić information content (AvgIpc) is 2.99. The highest BCUT2D eigenvalue weighted by Gasteiger charge is 2.26. The molecule has 1 aliphatic rings. The zero-order valence-corrected chi connectivity index (χ0v) is 14.1. The summed E-state index contributed by atoms with van der Waals surface area (Å²) in [5, 5.41) is 4.05. The van der Waals surface area contributed by atoms with Crippen LogP contribution in [0.1, 0.15) is 29.6 Å². The first-order chi connectivity index (χ1) is 10.2. The average molecular weight is 356 g/mol. The second-order valence-corrected chi connectivity index (χ2v) is 6.06. The predicted molar refractivity (Wildman–Crippen MR) is 86.5 cm³/mol. The van der Waals surface area contributed by atoms with Crippen LogP contribution in [0.3, 0.4) is 0 Å². The molecule has 0 radical (unpaired) electrons. The van der Waals surface area contributed by atoms with E-state index in [-0.39, 0.29) is 5.91 Å². The predicted octanol–water partition coefficient (Wildman–Crippen LogP) is 3.24. The molecular weight excluding hydrogens is 334 g/mol. The molecule has 1 N–H and O–H groups in total. The van der Waals surface area contributed by atoms with Crippen molar-refractivity contribution in [1.82, 2.24) is 5.32 Å². The van der Waals surface area contributed by atoms with Gasteiger partial charge < -0.3 is 14.8 Å². The number of hydrogen-bond acceptors (Lipinski definition) is 3. The molecule has 1 saturated carbocycles. The van der Waals surface area contributed by atoms with Gasteiger partial charge in [0.05, 0.1) is 14.2 Å². The molecule has 4 nitrogen and oxygen atoms in total. The molecule has 0 bridgehead atoms. The van der Waals surface area contributed by atoms with Crippen LogP contribution in [0, 0.1) is 11.8 Å². The summed E-state index contributed by atoms with van der Waals surface area (Å²) >= 11 is 3.56. The fourth-order valence-corrected chi connectivity index (χ4v) is 3.70. The summed E-state index contributed by atoms with van der Waals surface area (Å²) in [6.45, 7) is 0.731. The van der Waals surface area contributed by atoms with Crippen LogP contribution in [-0.2, 0) is 0 Å². The number of methoxy groups -OCH3 is 2. The van der Waals surface area contributed by atoms with Crippen LogP contribution in [0.4, 0.5) is 0 Å². The largest absolute Gasteiger partial charge is 0.497 e. The molecule has 0 saturated heterocycles. The molecule has 1 amide bonds. The molecule has 116 valence electrons. The van der Waals surface area contributed by atoms with Crippen molar-refractivity contribution in [2.24, 2.45) is 11.8 Å². The van der Waals surface area contributed by atoms with Gasteiger partial charge >= 0.3 is 0 Å². The van der Waals surface area contributed by atoms with Crippen molar-refractivity contribution in [3.05, 3.63) is 23.8 Å². The lowest BCUT2D eigenvalue weighted by atomic mass is 9.98. The Hall–Kier alpha value is -1.23. The fourth-order valence-electron chi connectivity index (χ4n) is 2.85. The van der Waals surface area contributed by atoms with E-state index in [1.54, 1.807) is 32.4 Å². The first-order valence-corrected chi connectivity index (χ1v) is 8.37. The van der Waals surface area contributed by atoms with Gasteiger partial charge in [-0.15, -0.1) is 0 Å². The molecule has 1 aliphatic carbocycles. The maximum atomic E-state index is 12.3. The van der Waals surface area contributed by atoms with Crippen LogP contribution in [0.25, 0.3) is 0 Å². The van der Waals surface area contributed by atoms with E-state index in [0.717, 1.165) is 11.9 Å². The van der Waals surface area contributed by atoms with Crippen LogP contribution in [0.15, 0.2) is 18.2 Å². The number of carbonyl (C=O) groups excluding carboxylic acids is 1. The normalized spacial score (nSPS) is 21.1. The van der Waals surface area contributed by atoms with Crippen LogP contribution in [0.2, 0.25) is 0 Å². The zero-order chi connectivity index (χ0) is 15.2. The third kappa shape index (κ3) is 4.13. The lowest BCUT2D eigenvalue weighted by Gasteiger charge is -2.18. The Morgan fingerprint density at radius 3 is 2.38 bits per heavy atom. The number of hydrogen-bond donors (Lipinski definition) is 1. The van der Waals surface area contributed by atoms with Crippen molar-refractivity contribution in [3.63, 3.8) is 0 Å². The minimum atomic E-state index is -0.0765. The van der Waals surface area contributed by atoms with Gasteiger partial charge in [-0.1, -0.05) is 22.4 Å². The number of benzene rings is 1. The van der Waals surface area contributed by atoms with E-state index in [0.29, 0.717) is 28.9 Å². The molecule has 0 aromatic heterocycles. The standard InChI is InChI=1S/C16H22BrNO3/c1-20-14-6-13(7-15(8-14)21-2)16(19)18-10-12-5-3-4-11(12)9-17/h6-8,11-12H,3-5,9-10H2,1-2H3,(H,18,19). The van der Waals surface area contributed by atoms with Crippen LogP contribution >= 0.6 is 15.9 Å². The minimum Gasteiger partial charge on any atom is -0.497 e. The summed E-state index contributed by atoms with van der Waals surface area (Å²) in [6, 6.07) is 5.22. The molecule has 1 aromatic carbocycles. The maximum absolute atomic E-state index is 12.3. The molecule has 0 aliphatic heterocycles. The van der Waals surface area contributed by atoms with E-state index in [4.69, 9.17) is 9.47 Å². The zero-order valence-electron chi connectivity index (χ0n) is 12.5. The summed E-state index contributed by atoms with van der Waals surface area (Å²) in [7, 11) is 3.16. The van der Waals surface area contributed by atoms with Gasteiger partial charge in [0.2, 0.25) is 0 Å². The molecule has 0 spiro atoms. The van der Waals surface area contributed by atoms with Gasteiger partial charge in [0.25, 0.3) is 5.91 Å². The van der Waals surface area contributed by atoms with E-state index in [1.807, 2.05) is 0 Å². The van der Waals surface area contributed by atoms with E-state index < -0.39 is 0 Å². The van der Waals surface area contributed by atoms with Gasteiger partial charge in [0.1, 0.15) is 11.5 Å². The van der Waals surface area contributed by atoms with Gasteiger partial charge in [-0.2, -0.15) is 0 Å². The van der Waals surface area contributed by atoms with Crippen LogP contribution < -0.4 is 14.8 Å². The third-order valence-electron chi connectivity index (χ3n) is 4.15. The number of rotatable bonds is 6. The van der Waals surface area contributed by atoms with Crippen molar-refractivity contribution in [2.45, 2.75) is 19.3 Å². The van der Waals surface area contributed by atoms with E-state index in [2.05, 4.69) is 21.2 Å². The molecule has 2 atom stereocenters. The SMILES string of the molecule is COc1cc(OC)cc(C(=O)NCC2CCCC2CBr)c1. The monoisotopic (exact) mass is 355 g/mol. The Morgan fingerprint density at radius 1 is 1.19 bits per heavy atom. The lowest BCUT2D eigenvalue weighted by molar-refractivity contribution is 0.0944. The topological polar surface area (TPSA) is 47.6 Å². The van der Waals surface area contributed by atoms with E-state index in [1.165, 1.54) is 19.3 Å². The summed E-state index contributed by atoms with van der Waals surface area (Å²) in [5.74, 6) is 2.41. The van der Waals surface area contributed by atoms with E-state index >= 15 is 0 Å². The molecular formula is C16H22BrNO3. The van der Waals surface area contributed by atoms with Crippen molar-refractivity contribution >= 4 is 21.8 Å². The Kier molecular flexibility index (Phi) is 5.91. The van der Waals surface area contributed by atoms with Crippen LogP contribution in [0.5, 0.6) is 11.5 Å². The number of amides is 1. The highest BCUT2D eigenvalue weighted by atomic mass is 79.9. The van der Waals surface area contributed by atoms with Crippen LogP contribution in [-0.4, -0.2) is 32.0 Å². The molecule has 2 unspecified atom stereocenters. The molecule has 0 heterocycles. The van der Waals surface area contributed by atoms with Crippen molar-refractivity contribution < 1.29 is 14.3 Å². The van der Waals surface area contributed by atoms with Crippen molar-refractivity contribution in [1.29, 1.82) is 0 Å². The number of ether oxygens (including phenoxy) is 2. The first-order valence-electron chi connectivity index (χ1n) is 7.25. The Bertz CT molecular complexity index is 470. The highest BCUT2D eigenvalue weighted by molar-refractivity contribution is 9.09.